The lowest BCUT2D eigenvalue weighted by atomic mass is 10.0. The fraction of sp³-hybridized carbons (Fsp3) is 0.393. The van der Waals surface area contributed by atoms with Crippen LogP contribution in [0.3, 0.4) is 0 Å². The number of aryl methyl sites for hydroxylation is 2. The summed E-state index contributed by atoms with van der Waals surface area (Å²) in [5.41, 5.74) is -0.761. The number of likely N-dealkylation sites (tertiary alicyclic amines) is 1. The zero-order valence-corrected chi connectivity index (χ0v) is 22.9. The van der Waals surface area contributed by atoms with Crippen molar-refractivity contribution >= 4 is 51.6 Å². The number of carbonyl (C=O) groups excluding carboxylic acids is 3. The van der Waals surface area contributed by atoms with E-state index >= 15 is 0 Å². The van der Waals surface area contributed by atoms with Crippen molar-refractivity contribution < 1.29 is 27.6 Å². The van der Waals surface area contributed by atoms with Gasteiger partial charge in [0.2, 0.25) is 5.78 Å². The molecule has 1 aliphatic heterocycles. The number of piperidine rings is 1. The summed E-state index contributed by atoms with van der Waals surface area (Å²) in [6.45, 7) is 7.88. The smallest absolute Gasteiger partial charge is 0.341 e. The largest absolute Gasteiger partial charge is 0.416 e. The number of Topliss-reactive ketones (excluding diaryl/α,β-unsaturated/α-hetero) is 1. The van der Waals surface area contributed by atoms with Gasteiger partial charge >= 0.3 is 6.18 Å². The minimum atomic E-state index is -4.54. The van der Waals surface area contributed by atoms with Crippen LogP contribution in [-0.4, -0.2) is 40.0 Å². The SMILES string of the molecule is CC(=O)C1[C@]2(C)CN(C(=O)c3ccc(Cl)c(C(=O)c4cc5c(C)cc(C(F)(F)F)cc5n4C)c3Cl)C[C@]12C. The molecule has 3 atom stereocenters. The lowest BCUT2D eigenvalue weighted by Crippen LogP contribution is -2.35. The molecule has 5 nitrogen and oxygen atoms in total. The lowest BCUT2D eigenvalue weighted by Gasteiger charge is -2.23. The van der Waals surface area contributed by atoms with Crippen molar-refractivity contribution in [3.8, 4) is 0 Å². The third kappa shape index (κ3) is 3.63. The van der Waals surface area contributed by atoms with E-state index in [2.05, 4.69) is 0 Å². The molecule has 38 heavy (non-hydrogen) atoms. The molecule has 0 N–H and O–H groups in total. The van der Waals surface area contributed by atoms with E-state index in [0.29, 0.717) is 24.0 Å². The monoisotopic (exact) mass is 564 g/mol. The average molecular weight is 565 g/mol. The Labute approximate surface area is 227 Å². The summed E-state index contributed by atoms with van der Waals surface area (Å²) in [5.74, 6) is -0.988. The third-order valence-corrected chi connectivity index (χ3v) is 9.41. The first kappa shape index (κ1) is 26.8. The van der Waals surface area contributed by atoms with E-state index in [9.17, 15) is 27.6 Å². The van der Waals surface area contributed by atoms with Gasteiger partial charge in [0.1, 0.15) is 5.78 Å². The third-order valence-electron chi connectivity index (χ3n) is 8.71. The van der Waals surface area contributed by atoms with Gasteiger partial charge in [-0.05, 0) is 49.7 Å². The van der Waals surface area contributed by atoms with Crippen LogP contribution >= 0.6 is 23.2 Å². The summed E-state index contributed by atoms with van der Waals surface area (Å²) in [6.07, 6.45) is -4.54. The van der Waals surface area contributed by atoms with Gasteiger partial charge in [0.25, 0.3) is 5.91 Å². The molecule has 0 spiro atoms. The molecule has 2 aromatic carbocycles. The Kier molecular flexibility index (Phi) is 5.86. The summed E-state index contributed by atoms with van der Waals surface area (Å²) >= 11 is 13.0. The quantitative estimate of drug-likeness (QED) is 0.330. The van der Waals surface area contributed by atoms with Crippen LogP contribution in [0, 0.1) is 23.7 Å². The Morgan fingerprint density at radius 3 is 2.18 bits per heavy atom. The van der Waals surface area contributed by atoms with Crippen molar-refractivity contribution in [3.05, 3.63) is 68.3 Å². The molecule has 3 aromatic rings. The Morgan fingerprint density at radius 2 is 1.63 bits per heavy atom. The van der Waals surface area contributed by atoms with Crippen LogP contribution in [0.15, 0.2) is 30.3 Å². The second-order valence-electron chi connectivity index (χ2n) is 11.0. The van der Waals surface area contributed by atoms with Crippen LogP contribution in [0.25, 0.3) is 10.9 Å². The van der Waals surface area contributed by atoms with Gasteiger partial charge in [-0.3, -0.25) is 14.4 Å². The average Bonchev–Trinajstić information content (AvgIpc) is 3.02. The number of carbonyl (C=O) groups is 3. The van der Waals surface area contributed by atoms with Crippen molar-refractivity contribution in [2.45, 2.75) is 33.9 Å². The van der Waals surface area contributed by atoms with Crippen LogP contribution in [0.2, 0.25) is 10.0 Å². The highest BCUT2D eigenvalue weighted by molar-refractivity contribution is 6.42. The van der Waals surface area contributed by atoms with Gasteiger partial charge in [-0.1, -0.05) is 37.0 Å². The highest BCUT2D eigenvalue weighted by Crippen LogP contribution is 2.73. The molecule has 10 heteroatoms. The fourth-order valence-corrected chi connectivity index (χ4v) is 7.23. The molecule has 1 unspecified atom stereocenters. The van der Waals surface area contributed by atoms with E-state index in [4.69, 9.17) is 23.2 Å². The van der Waals surface area contributed by atoms with Gasteiger partial charge in [0.05, 0.1) is 32.4 Å². The highest BCUT2D eigenvalue weighted by atomic mass is 35.5. The summed E-state index contributed by atoms with van der Waals surface area (Å²) < 4.78 is 41.5. The first-order valence-electron chi connectivity index (χ1n) is 12.0. The second kappa shape index (κ2) is 8.33. The summed E-state index contributed by atoms with van der Waals surface area (Å²) in [5, 5.41) is 0.389. The van der Waals surface area contributed by atoms with Crippen molar-refractivity contribution in [1.82, 2.24) is 9.47 Å². The number of hydrogen-bond donors (Lipinski definition) is 0. The van der Waals surface area contributed by atoms with Gasteiger partial charge in [0, 0.05) is 47.8 Å². The molecule has 2 heterocycles. The number of alkyl halides is 3. The molecular weight excluding hydrogens is 540 g/mol. The molecule has 2 fully saturated rings. The molecule has 5 rings (SSSR count). The molecule has 1 aromatic heterocycles. The standard InChI is InChI=1S/C28H25Cl2F3N2O3/c1-13-8-15(28(31,32)33)9-19-17(13)10-20(34(19)5)23(37)21-18(29)7-6-16(22(21)30)25(38)35-11-26(3)24(14(2)36)27(26,4)12-35/h6-10,24H,11-12H2,1-5H3/t24?,26-,27+. The molecule has 1 aliphatic carbocycles. The molecule has 1 saturated heterocycles. The number of fused-ring (bicyclic) bond motifs is 2. The van der Waals surface area contributed by atoms with Crippen LogP contribution in [0.4, 0.5) is 13.2 Å². The topological polar surface area (TPSA) is 59.4 Å². The van der Waals surface area contributed by atoms with Gasteiger partial charge in [-0.25, -0.2) is 0 Å². The zero-order chi connectivity index (χ0) is 28.1. The molecular formula is C28H25Cl2F3N2O3. The van der Waals surface area contributed by atoms with Crippen molar-refractivity contribution in [2.75, 3.05) is 13.1 Å². The molecule has 1 amide bonds. The van der Waals surface area contributed by atoms with E-state index in [-0.39, 0.29) is 60.8 Å². The normalized spacial score (nSPS) is 24.6. The number of hydrogen-bond acceptors (Lipinski definition) is 3. The number of amides is 1. The van der Waals surface area contributed by atoms with Gasteiger partial charge in [-0.2, -0.15) is 13.2 Å². The number of nitrogens with zero attached hydrogens (tertiary/aromatic N) is 2. The molecule has 0 radical (unpaired) electrons. The fourth-order valence-electron chi connectivity index (χ4n) is 6.60. The predicted molar refractivity (Wildman–Crippen MR) is 139 cm³/mol. The Balaban J connectivity index is 1.52. The van der Waals surface area contributed by atoms with Crippen LogP contribution < -0.4 is 0 Å². The Hall–Kier alpha value is -2.84. The first-order valence-corrected chi connectivity index (χ1v) is 12.8. The Bertz CT molecular complexity index is 1560. The Morgan fingerprint density at radius 1 is 1.03 bits per heavy atom. The number of benzene rings is 2. The van der Waals surface area contributed by atoms with Crippen molar-refractivity contribution in [3.63, 3.8) is 0 Å². The van der Waals surface area contributed by atoms with Gasteiger partial charge in [0.15, 0.2) is 0 Å². The maximum Gasteiger partial charge on any atom is 0.416 e. The van der Waals surface area contributed by atoms with Gasteiger partial charge in [-0.15, -0.1) is 0 Å². The number of rotatable bonds is 4. The van der Waals surface area contributed by atoms with E-state index in [1.807, 2.05) is 13.8 Å². The maximum atomic E-state index is 13.7. The van der Waals surface area contributed by atoms with Crippen LogP contribution in [0.5, 0.6) is 0 Å². The molecule has 200 valence electrons. The molecule has 2 aliphatic rings. The highest BCUT2D eigenvalue weighted by Gasteiger charge is 2.77. The maximum absolute atomic E-state index is 13.7. The second-order valence-corrected chi connectivity index (χ2v) is 11.8. The van der Waals surface area contributed by atoms with E-state index in [1.54, 1.807) is 18.7 Å². The zero-order valence-electron chi connectivity index (χ0n) is 21.4. The number of ketones is 2. The van der Waals surface area contributed by atoms with Gasteiger partial charge < -0.3 is 9.47 Å². The predicted octanol–water partition coefficient (Wildman–Crippen LogP) is 6.73. The number of aromatic nitrogens is 1. The number of halogens is 5. The van der Waals surface area contributed by atoms with Crippen LogP contribution in [0.1, 0.15) is 58.3 Å². The first-order chi connectivity index (χ1) is 17.5. The van der Waals surface area contributed by atoms with Crippen molar-refractivity contribution in [1.29, 1.82) is 0 Å². The minimum Gasteiger partial charge on any atom is -0.341 e. The summed E-state index contributed by atoms with van der Waals surface area (Å²) in [7, 11) is 1.50. The van der Waals surface area contributed by atoms with Crippen molar-refractivity contribution in [2.24, 2.45) is 23.8 Å². The molecule has 1 saturated carbocycles. The van der Waals surface area contributed by atoms with E-state index < -0.39 is 17.5 Å². The minimum absolute atomic E-state index is 0.0225. The summed E-state index contributed by atoms with van der Waals surface area (Å²) in [6, 6.07) is 6.42. The lowest BCUT2D eigenvalue weighted by molar-refractivity contribution is -0.137. The van der Waals surface area contributed by atoms with E-state index in [0.717, 1.165) is 12.1 Å². The summed E-state index contributed by atoms with van der Waals surface area (Å²) in [4.78, 5) is 40.9. The van der Waals surface area contributed by atoms with Crippen LogP contribution in [-0.2, 0) is 18.0 Å². The van der Waals surface area contributed by atoms with E-state index in [1.165, 1.54) is 29.8 Å². The molecule has 0 bridgehead atoms.